The monoisotopic (exact) mass is 571 g/mol. The summed E-state index contributed by atoms with van der Waals surface area (Å²) in [5.41, 5.74) is 2.07. The highest BCUT2D eigenvalue weighted by Crippen LogP contribution is 2.39. The third-order valence-electron chi connectivity index (χ3n) is 5.55. The quantitative estimate of drug-likeness (QED) is 0.461. The van der Waals surface area contributed by atoms with Crippen LogP contribution in [0.3, 0.4) is 0 Å². The van der Waals surface area contributed by atoms with Gasteiger partial charge < -0.3 is 19.1 Å². The van der Waals surface area contributed by atoms with E-state index >= 15 is 0 Å². The summed E-state index contributed by atoms with van der Waals surface area (Å²) in [5, 5.41) is 8.45. The molecule has 2 aliphatic rings. The summed E-state index contributed by atoms with van der Waals surface area (Å²) < 4.78 is 17.3. The predicted molar refractivity (Wildman–Crippen MR) is 136 cm³/mol. The van der Waals surface area contributed by atoms with Crippen molar-refractivity contribution < 1.29 is 28.6 Å². The summed E-state index contributed by atoms with van der Waals surface area (Å²) in [6, 6.07) is 12.6. The largest absolute Gasteiger partial charge is 0.493 e. The van der Waals surface area contributed by atoms with Gasteiger partial charge in [0.25, 0.3) is 11.1 Å². The molecular formula is C25H22BrN3O6S. The average Bonchev–Trinajstić information content (AvgIpc) is 3.15. The molecule has 0 saturated carbocycles. The summed E-state index contributed by atoms with van der Waals surface area (Å²) in [7, 11) is 1.51. The Morgan fingerprint density at radius 3 is 2.61 bits per heavy atom. The van der Waals surface area contributed by atoms with E-state index in [1.807, 2.05) is 12.1 Å². The number of rotatable bonds is 7. The second-order valence-corrected chi connectivity index (χ2v) is 9.74. The van der Waals surface area contributed by atoms with Gasteiger partial charge in [0, 0.05) is 13.1 Å². The molecule has 9 nitrogen and oxygen atoms in total. The van der Waals surface area contributed by atoms with E-state index in [4.69, 9.17) is 19.5 Å². The zero-order valence-corrected chi connectivity index (χ0v) is 21.8. The third-order valence-corrected chi connectivity index (χ3v) is 7.04. The van der Waals surface area contributed by atoms with E-state index in [-0.39, 0.29) is 24.0 Å². The number of morpholine rings is 1. The fourth-order valence-corrected chi connectivity index (χ4v) is 5.04. The number of hydrogen-bond acceptors (Lipinski definition) is 8. The number of benzene rings is 2. The van der Waals surface area contributed by atoms with Crippen LogP contribution in [0.2, 0.25) is 0 Å². The molecule has 0 unspecified atom stereocenters. The molecule has 186 valence electrons. The molecule has 0 atom stereocenters. The summed E-state index contributed by atoms with van der Waals surface area (Å²) >= 11 is 4.29. The molecule has 2 saturated heterocycles. The number of carbonyl (C=O) groups is 3. The van der Waals surface area contributed by atoms with Gasteiger partial charge in [-0.25, -0.2) is 0 Å². The second-order valence-electron chi connectivity index (χ2n) is 7.89. The topological polar surface area (TPSA) is 109 Å². The highest BCUT2D eigenvalue weighted by molar-refractivity contribution is 9.10. The first-order valence-corrected chi connectivity index (χ1v) is 12.6. The van der Waals surface area contributed by atoms with Gasteiger partial charge in [0.1, 0.15) is 13.2 Å². The predicted octanol–water partition coefficient (Wildman–Crippen LogP) is 3.80. The Kier molecular flexibility index (Phi) is 8.30. The fraction of sp³-hybridized carbons (Fsp3) is 0.280. The molecule has 2 aliphatic heterocycles. The van der Waals surface area contributed by atoms with E-state index in [1.54, 1.807) is 35.2 Å². The van der Waals surface area contributed by atoms with Crippen LogP contribution in [0.25, 0.3) is 6.08 Å². The lowest BCUT2D eigenvalue weighted by atomic mass is 10.1. The average molecular weight is 572 g/mol. The van der Waals surface area contributed by atoms with Crippen molar-refractivity contribution in [2.45, 2.75) is 6.61 Å². The normalized spacial score (nSPS) is 16.9. The Bertz CT molecular complexity index is 1250. The summed E-state index contributed by atoms with van der Waals surface area (Å²) in [6.45, 7) is 1.73. The van der Waals surface area contributed by atoms with Gasteiger partial charge in [-0.3, -0.25) is 19.3 Å². The van der Waals surface area contributed by atoms with Crippen LogP contribution in [0.1, 0.15) is 16.7 Å². The minimum absolute atomic E-state index is 0.218. The minimum Gasteiger partial charge on any atom is -0.493 e. The number of hydrogen-bond donors (Lipinski definition) is 0. The first-order chi connectivity index (χ1) is 17.4. The number of imide groups is 1. The van der Waals surface area contributed by atoms with Crippen LogP contribution in [0.5, 0.6) is 11.5 Å². The lowest BCUT2D eigenvalue weighted by Crippen LogP contribution is -2.46. The molecule has 2 aromatic carbocycles. The number of carbonyl (C=O) groups excluding carboxylic acids is 3. The lowest BCUT2D eigenvalue weighted by molar-refractivity contribution is -0.139. The number of methoxy groups -OCH3 is 1. The van der Waals surface area contributed by atoms with Crippen molar-refractivity contribution in [3.05, 3.63) is 62.5 Å². The van der Waals surface area contributed by atoms with Gasteiger partial charge in [-0.2, -0.15) is 5.26 Å². The van der Waals surface area contributed by atoms with Crippen LogP contribution >= 0.6 is 27.7 Å². The van der Waals surface area contributed by atoms with Crippen molar-refractivity contribution in [3.63, 3.8) is 0 Å². The number of halogens is 1. The van der Waals surface area contributed by atoms with E-state index in [0.29, 0.717) is 53.4 Å². The molecule has 0 spiro atoms. The molecule has 11 heteroatoms. The van der Waals surface area contributed by atoms with E-state index in [2.05, 4.69) is 22.0 Å². The summed E-state index contributed by atoms with van der Waals surface area (Å²) in [4.78, 5) is 40.6. The van der Waals surface area contributed by atoms with Gasteiger partial charge in [0.2, 0.25) is 5.91 Å². The van der Waals surface area contributed by atoms with Gasteiger partial charge in [-0.05, 0) is 69.2 Å². The fourth-order valence-electron chi connectivity index (χ4n) is 3.63. The van der Waals surface area contributed by atoms with E-state index in [9.17, 15) is 14.4 Å². The molecule has 0 radical (unpaired) electrons. The van der Waals surface area contributed by atoms with Gasteiger partial charge in [0.05, 0.1) is 41.3 Å². The number of ether oxygens (including phenoxy) is 3. The van der Waals surface area contributed by atoms with Gasteiger partial charge in [-0.15, -0.1) is 0 Å². The summed E-state index contributed by atoms with van der Waals surface area (Å²) in [6.07, 6.45) is 1.59. The zero-order chi connectivity index (χ0) is 25.7. The van der Waals surface area contributed by atoms with Gasteiger partial charge in [-0.1, -0.05) is 12.1 Å². The SMILES string of the molecule is COc1cc(/C=C2/SC(=O)N(CC(=O)N3CCOCC3)C2=O)cc(Br)c1OCc1ccc(C#N)cc1. The van der Waals surface area contributed by atoms with Crippen LogP contribution in [0, 0.1) is 11.3 Å². The smallest absolute Gasteiger partial charge is 0.294 e. The number of nitriles is 1. The standard InChI is InChI=1S/C25H22BrN3O6S/c1-33-20-11-18(10-19(26)23(20)35-15-17-4-2-16(13-27)3-5-17)12-21-24(31)29(25(32)36-21)14-22(30)28-6-8-34-9-7-28/h2-5,10-12H,6-9,14-15H2,1H3/b21-12+. The number of amides is 3. The minimum atomic E-state index is -0.511. The van der Waals surface area contributed by atoms with Crippen LogP contribution in [-0.4, -0.2) is 66.8 Å². The van der Waals surface area contributed by atoms with Crippen molar-refractivity contribution in [2.24, 2.45) is 0 Å². The Morgan fingerprint density at radius 2 is 1.94 bits per heavy atom. The Labute approximate surface area is 220 Å². The highest BCUT2D eigenvalue weighted by Gasteiger charge is 2.37. The molecule has 0 aliphatic carbocycles. The molecular weight excluding hydrogens is 550 g/mol. The first-order valence-electron chi connectivity index (χ1n) is 11.0. The van der Waals surface area contributed by atoms with Crippen LogP contribution < -0.4 is 9.47 Å². The van der Waals surface area contributed by atoms with Gasteiger partial charge >= 0.3 is 0 Å². The number of thioether (sulfide) groups is 1. The molecule has 2 heterocycles. The highest BCUT2D eigenvalue weighted by atomic mass is 79.9. The molecule has 3 amide bonds. The maximum Gasteiger partial charge on any atom is 0.294 e. The summed E-state index contributed by atoms with van der Waals surface area (Å²) in [5.74, 6) is 0.118. The number of nitrogens with zero attached hydrogens (tertiary/aromatic N) is 3. The molecule has 4 rings (SSSR count). The molecule has 0 bridgehead atoms. The third kappa shape index (κ3) is 5.90. The van der Waals surface area contributed by atoms with Crippen molar-refractivity contribution in [2.75, 3.05) is 40.0 Å². The van der Waals surface area contributed by atoms with E-state index < -0.39 is 11.1 Å². The van der Waals surface area contributed by atoms with Crippen LogP contribution in [0.4, 0.5) is 4.79 Å². The Hall–Kier alpha value is -3.33. The molecule has 2 fully saturated rings. The molecule has 36 heavy (non-hydrogen) atoms. The maximum atomic E-state index is 12.9. The molecule has 2 aromatic rings. The second kappa shape index (κ2) is 11.6. The zero-order valence-electron chi connectivity index (χ0n) is 19.4. The first kappa shape index (κ1) is 25.8. The van der Waals surface area contributed by atoms with Crippen molar-refractivity contribution >= 4 is 50.8 Å². The molecule has 0 aromatic heterocycles. The lowest BCUT2D eigenvalue weighted by Gasteiger charge is -2.28. The molecule has 0 N–H and O–H groups in total. The van der Waals surface area contributed by atoms with Gasteiger partial charge in [0.15, 0.2) is 11.5 Å². The Morgan fingerprint density at radius 1 is 1.22 bits per heavy atom. The van der Waals surface area contributed by atoms with Crippen molar-refractivity contribution in [3.8, 4) is 17.6 Å². The Balaban J connectivity index is 1.47. The van der Waals surface area contributed by atoms with Crippen LogP contribution in [-0.2, 0) is 20.9 Å². The van der Waals surface area contributed by atoms with Crippen LogP contribution in [0.15, 0.2) is 45.8 Å². The van der Waals surface area contributed by atoms with Crippen molar-refractivity contribution in [1.29, 1.82) is 5.26 Å². The maximum absolute atomic E-state index is 12.9. The van der Waals surface area contributed by atoms with Crippen molar-refractivity contribution in [1.82, 2.24) is 9.80 Å². The van der Waals surface area contributed by atoms with E-state index in [1.165, 1.54) is 7.11 Å². The van der Waals surface area contributed by atoms with E-state index in [0.717, 1.165) is 22.2 Å².